The predicted molar refractivity (Wildman–Crippen MR) is 66.0 cm³/mol. The highest BCUT2D eigenvalue weighted by Crippen LogP contribution is 2.37. The Morgan fingerprint density at radius 3 is 2.75 bits per heavy atom. The molecule has 0 saturated carbocycles. The van der Waals surface area contributed by atoms with Crippen LogP contribution in [-0.4, -0.2) is 6.10 Å². The van der Waals surface area contributed by atoms with E-state index in [0.29, 0.717) is 0 Å². The summed E-state index contributed by atoms with van der Waals surface area (Å²) in [6, 6.07) is 10.3. The molecule has 1 nitrogen and oxygen atoms in total. The summed E-state index contributed by atoms with van der Waals surface area (Å²) in [5.41, 5.74) is 1.25. The van der Waals surface area contributed by atoms with E-state index in [9.17, 15) is 0 Å². The molecular weight excluding hydrogens is 196 g/mol. The van der Waals surface area contributed by atoms with Crippen molar-refractivity contribution in [2.24, 2.45) is 0 Å². The van der Waals surface area contributed by atoms with Crippen LogP contribution in [-0.2, 0) is 4.74 Å². The second kappa shape index (κ2) is 5.72. The number of benzene rings is 1. The van der Waals surface area contributed by atoms with Crippen LogP contribution in [0.4, 0.5) is 0 Å². The van der Waals surface area contributed by atoms with Crippen LogP contribution in [0, 0.1) is 11.8 Å². The molecule has 1 heterocycles. The van der Waals surface area contributed by atoms with Gasteiger partial charge >= 0.3 is 0 Å². The average Bonchev–Trinajstić information content (AvgIpc) is 3.10. The summed E-state index contributed by atoms with van der Waals surface area (Å²) in [6.07, 6.45) is 5.13. The minimum Gasteiger partial charge on any atom is -0.351 e. The molecule has 0 unspecified atom stereocenters. The van der Waals surface area contributed by atoms with Gasteiger partial charge in [-0.05, 0) is 12.0 Å². The molecule has 0 aromatic heterocycles. The van der Waals surface area contributed by atoms with Gasteiger partial charge in [-0.15, -0.1) is 5.92 Å². The molecule has 16 heavy (non-hydrogen) atoms. The molecule has 0 amide bonds. The zero-order chi connectivity index (χ0) is 11.2. The molecule has 1 aliphatic rings. The van der Waals surface area contributed by atoms with Gasteiger partial charge in [0, 0.05) is 6.42 Å². The zero-order valence-electron chi connectivity index (χ0n) is 9.78. The first-order valence-corrected chi connectivity index (χ1v) is 6.10. The van der Waals surface area contributed by atoms with E-state index in [1.807, 2.05) is 18.2 Å². The minimum absolute atomic E-state index is 0.143. The van der Waals surface area contributed by atoms with Crippen LogP contribution in [0.1, 0.15) is 44.3 Å². The van der Waals surface area contributed by atoms with E-state index in [2.05, 4.69) is 30.9 Å². The van der Waals surface area contributed by atoms with Gasteiger partial charge in [0.05, 0.1) is 0 Å². The van der Waals surface area contributed by atoms with Gasteiger partial charge in [0.2, 0.25) is 0 Å². The van der Waals surface area contributed by atoms with Gasteiger partial charge in [0.1, 0.15) is 12.2 Å². The van der Waals surface area contributed by atoms with E-state index in [1.54, 1.807) is 0 Å². The van der Waals surface area contributed by atoms with Crippen LogP contribution >= 0.6 is 0 Å². The number of hydrogen-bond acceptors (Lipinski definition) is 1. The van der Waals surface area contributed by atoms with Crippen molar-refractivity contribution in [3.63, 3.8) is 0 Å². The fourth-order valence-corrected chi connectivity index (χ4v) is 1.75. The maximum Gasteiger partial charge on any atom is 0.149 e. The van der Waals surface area contributed by atoms with Gasteiger partial charge in [-0.3, -0.25) is 0 Å². The molecular formula is C15H18O. The second-order valence-electron chi connectivity index (χ2n) is 4.17. The van der Waals surface area contributed by atoms with Crippen LogP contribution in [0.5, 0.6) is 0 Å². The molecule has 0 aliphatic carbocycles. The first-order chi connectivity index (χ1) is 7.92. The van der Waals surface area contributed by atoms with Gasteiger partial charge in [0.25, 0.3) is 0 Å². The lowest BCUT2D eigenvalue weighted by Gasteiger charge is -1.91. The molecule has 1 aliphatic heterocycles. The van der Waals surface area contributed by atoms with E-state index in [1.165, 1.54) is 24.8 Å². The first-order valence-electron chi connectivity index (χ1n) is 6.10. The summed E-state index contributed by atoms with van der Waals surface area (Å²) < 4.78 is 5.54. The first kappa shape index (κ1) is 11.2. The van der Waals surface area contributed by atoms with Crippen molar-refractivity contribution in [1.82, 2.24) is 0 Å². The fourth-order valence-electron chi connectivity index (χ4n) is 1.75. The number of rotatable bonds is 4. The SMILES string of the molecule is CCCCCC#C[C@H]1O[C@@H]1c1ccccc1. The molecule has 0 N–H and O–H groups in total. The minimum atomic E-state index is 0.143. The third-order valence-corrected chi connectivity index (χ3v) is 2.77. The zero-order valence-corrected chi connectivity index (χ0v) is 9.78. The van der Waals surface area contributed by atoms with E-state index in [0.717, 1.165) is 6.42 Å². The highest BCUT2D eigenvalue weighted by Gasteiger charge is 2.38. The van der Waals surface area contributed by atoms with Crippen molar-refractivity contribution < 1.29 is 4.74 Å². The Hall–Kier alpha value is -1.26. The van der Waals surface area contributed by atoms with Gasteiger partial charge in [-0.1, -0.05) is 56.0 Å². The molecule has 1 aromatic rings. The largest absolute Gasteiger partial charge is 0.351 e. The van der Waals surface area contributed by atoms with Crippen molar-refractivity contribution in [2.75, 3.05) is 0 Å². The molecule has 1 heteroatoms. The smallest absolute Gasteiger partial charge is 0.149 e. The average molecular weight is 214 g/mol. The van der Waals surface area contributed by atoms with Gasteiger partial charge < -0.3 is 4.74 Å². The monoisotopic (exact) mass is 214 g/mol. The van der Waals surface area contributed by atoms with Crippen molar-refractivity contribution in [3.8, 4) is 11.8 Å². The standard InChI is InChI=1S/C15H18O/c1-2-3-4-5-9-12-14-15(16-14)13-10-7-6-8-11-13/h6-8,10-11,14-15H,2-5H2,1H3/t14-,15-/m1/s1. The van der Waals surface area contributed by atoms with E-state index in [4.69, 9.17) is 4.74 Å². The summed E-state index contributed by atoms with van der Waals surface area (Å²) in [5.74, 6) is 6.40. The Morgan fingerprint density at radius 2 is 2.00 bits per heavy atom. The maximum absolute atomic E-state index is 5.54. The Labute approximate surface area is 97.8 Å². The van der Waals surface area contributed by atoms with Gasteiger partial charge in [-0.2, -0.15) is 0 Å². The highest BCUT2D eigenvalue weighted by atomic mass is 16.6. The van der Waals surface area contributed by atoms with Crippen LogP contribution in [0.25, 0.3) is 0 Å². The lowest BCUT2D eigenvalue weighted by atomic mass is 10.1. The second-order valence-corrected chi connectivity index (χ2v) is 4.17. The molecule has 0 radical (unpaired) electrons. The summed E-state index contributed by atoms with van der Waals surface area (Å²) in [5, 5.41) is 0. The molecule has 1 aromatic carbocycles. The normalized spacial score (nSPS) is 22.3. The quantitative estimate of drug-likeness (QED) is 0.423. The third-order valence-electron chi connectivity index (χ3n) is 2.77. The molecule has 0 bridgehead atoms. The molecule has 0 spiro atoms. The lowest BCUT2D eigenvalue weighted by Crippen LogP contribution is -1.84. The van der Waals surface area contributed by atoms with Gasteiger partial charge in [-0.25, -0.2) is 0 Å². The molecule has 2 atom stereocenters. The van der Waals surface area contributed by atoms with E-state index >= 15 is 0 Å². The third kappa shape index (κ3) is 3.12. The Balaban J connectivity index is 1.75. The Morgan fingerprint density at radius 1 is 1.19 bits per heavy atom. The van der Waals surface area contributed by atoms with E-state index in [-0.39, 0.29) is 12.2 Å². The summed E-state index contributed by atoms with van der Waals surface area (Å²) in [6.45, 7) is 2.21. The highest BCUT2D eigenvalue weighted by molar-refractivity contribution is 5.27. The molecule has 84 valence electrons. The summed E-state index contributed by atoms with van der Waals surface area (Å²) in [7, 11) is 0. The molecule has 1 saturated heterocycles. The van der Waals surface area contributed by atoms with Crippen molar-refractivity contribution in [2.45, 2.75) is 44.8 Å². The van der Waals surface area contributed by atoms with Crippen LogP contribution in [0.2, 0.25) is 0 Å². The number of hydrogen-bond donors (Lipinski definition) is 0. The summed E-state index contributed by atoms with van der Waals surface area (Å²) in [4.78, 5) is 0. The Bertz CT molecular complexity index is 371. The van der Waals surface area contributed by atoms with E-state index < -0.39 is 0 Å². The molecule has 2 rings (SSSR count). The number of unbranched alkanes of at least 4 members (excludes halogenated alkanes) is 3. The van der Waals surface area contributed by atoms with Crippen molar-refractivity contribution >= 4 is 0 Å². The van der Waals surface area contributed by atoms with Crippen molar-refractivity contribution in [1.29, 1.82) is 0 Å². The fraction of sp³-hybridized carbons (Fsp3) is 0.467. The number of epoxide rings is 1. The predicted octanol–water partition coefficient (Wildman–Crippen LogP) is 3.71. The van der Waals surface area contributed by atoms with Crippen molar-refractivity contribution in [3.05, 3.63) is 35.9 Å². The topological polar surface area (TPSA) is 12.5 Å². The maximum atomic E-state index is 5.54. The Kier molecular flexibility index (Phi) is 4.02. The molecule has 1 fully saturated rings. The summed E-state index contributed by atoms with van der Waals surface area (Å²) >= 11 is 0. The lowest BCUT2D eigenvalue weighted by molar-refractivity contribution is 0.397. The number of ether oxygens (including phenoxy) is 1. The van der Waals surface area contributed by atoms with Crippen LogP contribution in [0.3, 0.4) is 0 Å². The van der Waals surface area contributed by atoms with Gasteiger partial charge in [0.15, 0.2) is 0 Å². The van der Waals surface area contributed by atoms with Crippen LogP contribution in [0.15, 0.2) is 30.3 Å². The van der Waals surface area contributed by atoms with Crippen LogP contribution < -0.4 is 0 Å².